The molecular weight excluding hydrogens is 405 g/mol. The Bertz CT molecular complexity index is 953. The van der Waals surface area contributed by atoms with Gasteiger partial charge in [-0.25, -0.2) is 0 Å². The molecule has 6 nitrogen and oxygen atoms in total. The van der Waals surface area contributed by atoms with E-state index in [4.69, 9.17) is 4.65 Å². The number of hydrogen-bond donors (Lipinski definition) is 2. The number of carbonyl (C=O) groups excluding carboxylic acids is 2. The number of benzene rings is 1. The van der Waals surface area contributed by atoms with Crippen LogP contribution in [0.3, 0.4) is 0 Å². The topological polar surface area (TPSA) is 87.1 Å². The third-order valence-corrected chi connectivity index (χ3v) is 8.06. The minimum Gasteiger partial charge on any atom is -0.508 e. The van der Waals surface area contributed by atoms with Crippen molar-refractivity contribution < 1.29 is 24.4 Å². The molecule has 2 N–H and O–H groups in total. The first kappa shape index (κ1) is 21.7. The Morgan fingerprint density at radius 3 is 2.53 bits per heavy atom. The SMILES string of the molecule is CC(C)C1=C2B(O)O[C@H](c3cccc(O)c3)C[C@H]2[C@H]2C(=O)N(C3CCCCC3)C(=O)[C@H]2C1. The predicted octanol–water partition coefficient (Wildman–Crippen LogP) is 3.78. The van der Waals surface area contributed by atoms with E-state index in [0.717, 1.165) is 42.3 Å². The molecule has 0 aromatic heterocycles. The van der Waals surface area contributed by atoms with E-state index >= 15 is 0 Å². The average Bonchev–Trinajstić information content (AvgIpc) is 3.03. The molecule has 32 heavy (non-hydrogen) atoms. The zero-order valence-electron chi connectivity index (χ0n) is 18.9. The van der Waals surface area contributed by atoms with Crippen molar-refractivity contribution in [3.05, 3.63) is 40.9 Å². The highest BCUT2D eigenvalue weighted by Gasteiger charge is 2.59. The Hall–Kier alpha value is -2.12. The number of phenols is 1. The molecule has 1 saturated carbocycles. The van der Waals surface area contributed by atoms with E-state index < -0.39 is 19.1 Å². The van der Waals surface area contributed by atoms with Crippen LogP contribution in [-0.4, -0.2) is 40.0 Å². The van der Waals surface area contributed by atoms with Crippen LogP contribution in [0.1, 0.15) is 70.5 Å². The summed E-state index contributed by atoms with van der Waals surface area (Å²) in [4.78, 5) is 28.8. The van der Waals surface area contributed by atoms with Gasteiger partial charge in [-0.05, 0) is 60.7 Å². The highest BCUT2D eigenvalue weighted by atomic mass is 16.5. The smallest absolute Gasteiger partial charge is 0.487 e. The van der Waals surface area contributed by atoms with Crippen LogP contribution in [-0.2, 0) is 14.2 Å². The molecular formula is C25H32BNO5. The van der Waals surface area contributed by atoms with Crippen molar-refractivity contribution in [1.82, 2.24) is 4.90 Å². The Morgan fingerprint density at radius 1 is 1.09 bits per heavy atom. The lowest BCUT2D eigenvalue weighted by atomic mass is 9.54. The highest BCUT2D eigenvalue weighted by molar-refractivity contribution is 6.53. The van der Waals surface area contributed by atoms with Crippen LogP contribution in [0.15, 0.2) is 35.3 Å². The highest BCUT2D eigenvalue weighted by Crippen LogP contribution is 2.53. The number of rotatable bonds is 3. The maximum atomic E-state index is 13.7. The van der Waals surface area contributed by atoms with E-state index in [2.05, 4.69) is 13.8 Å². The second kappa shape index (κ2) is 8.34. The van der Waals surface area contributed by atoms with Gasteiger partial charge in [-0.1, -0.05) is 50.8 Å². The summed E-state index contributed by atoms with van der Waals surface area (Å²) in [5.41, 5.74) is 2.64. The lowest BCUT2D eigenvalue weighted by molar-refractivity contribution is -0.143. The van der Waals surface area contributed by atoms with Gasteiger partial charge in [0.1, 0.15) is 5.75 Å². The Labute approximate surface area is 189 Å². The van der Waals surface area contributed by atoms with Crippen LogP contribution in [0.4, 0.5) is 0 Å². The summed E-state index contributed by atoms with van der Waals surface area (Å²) in [5.74, 6) is -0.768. The van der Waals surface area contributed by atoms with Crippen molar-refractivity contribution >= 4 is 18.9 Å². The summed E-state index contributed by atoms with van der Waals surface area (Å²) in [6.07, 6.45) is 5.70. The molecule has 5 rings (SSSR count). The number of likely N-dealkylation sites (tertiary alicyclic amines) is 1. The van der Waals surface area contributed by atoms with Crippen molar-refractivity contribution in [2.45, 2.75) is 70.9 Å². The molecule has 0 radical (unpaired) electrons. The van der Waals surface area contributed by atoms with Crippen molar-refractivity contribution in [3.63, 3.8) is 0 Å². The van der Waals surface area contributed by atoms with Crippen LogP contribution in [0.2, 0.25) is 0 Å². The number of hydrogen-bond acceptors (Lipinski definition) is 5. The van der Waals surface area contributed by atoms with Gasteiger partial charge >= 0.3 is 7.12 Å². The molecule has 1 aromatic rings. The second-order valence-corrected chi connectivity index (χ2v) is 10.2. The van der Waals surface area contributed by atoms with E-state index in [1.165, 1.54) is 6.42 Å². The van der Waals surface area contributed by atoms with E-state index in [1.807, 2.05) is 6.07 Å². The zero-order valence-corrected chi connectivity index (χ0v) is 18.9. The normalized spacial score (nSPS) is 31.4. The third kappa shape index (κ3) is 3.50. The molecule has 1 aromatic carbocycles. The molecule has 4 atom stereocenters. The number of amides is 2. The summed E-state index contributed by atoms with van der Waals surface area (Å²) < 4.78 is 6.01. The Morgan fingerprint density at radius 2 is 1.84 bits per heavy atom. The molecule has 4 aliphatic rings. The fraction of sp³-hybridized carbons (Fsp3) is 0.600. The fourth-order valence-corrected chi connectivity index (χ4v) is 6.57. The van der Waals surface area contributed by atoms with Gasteiger partial charge in [0.15, 0.2) is 0 Å². The van der Waals surface area contributed by atoms with Gasteiger partial charge in [0.25, 0.3) is 0 Å². The Kier molecular flexibility index (Phi) is 5.66. The number of aromatic hydroxyl groups is 1. The largest absolute Gasteiger partial charge is 0.508 e. The maximum absolute atomic E-state index is 13.7. The molecule has 0 unspecified atom stereocenters. The van der Waals surface area contributed by atoms with E-state index in [-0.39, 0.29) is 41.4 Å². The average molecular weight is 437 g/mol. The lowest BCUT2D eigenvalue weighted by Gasteiger charge is -2.43. The minimum absolute atomic E-state index is 0.0148. The van der Waals surface area contributed by atoms with Gasteiger partial charge in [-0.15, -0.1) is 0 Å². The van der Waals surface area contributed by atoms with Crippen LogP contribution in [0, 0.1) is 23.7 Å². The first-order valence-electron chi connectivity index (χ1n) is 12.1. The predicted molar refractivity (Wildman–Crippen MR) is 120 cm³/mol. The number of phenolic OH excluding ortho intramolecular Hbond substituents is 1. The number of fused-ring (bicyclic) bond motifs is 3. The molecule has 0 bridgehead atoms. The van der Waals surface area contributed by atoms with E-state index in [1.54, 1.807) is 23.1 Å². The molecule has 3 fully saturated rings. The number of carbonyl (C=O) groups is 2. The molecule has 2 aliphatic heterocycles. The van der Waals surface area contributed by atoms with Gasteiger partial charge in [-0.3, -0.25) is 14.5 Å². The molecule has 7 heteroatoms. The number of imide groups is 1. The Balaban J connectivity index is 1.52. The summed E-state index contributed by atoms with van der Waals surface area (Å²) in [6, 6.07) is 6.89. The van der Waals surface area contributed by atoms with Crippen molar-refractivity contribution in [1.29, 1.82) is 0 Å². The van der Waals surface area contributed by atoms with Gasteiger partial charge in [-0.2, -0.15) is 0 Å². The summed E-state index contributed by atoms with van der Waals surface area (Å²) in [5, 5.41) is 21.0. The molecule has 170 valence electrons. The first-order chi connectivity index (χ1) is 15.4. The monoisotopic (exact) mass is 437 g/mol. The van der Waals surface area contributed by atoms with Crippen molar-refractivity contribution in [3.8, 4) is 5.75 Å². The van der Waals surface area contributed by atoms with Gasteiger partial charge in [0, 0.05) is 6.04 Å². The van der Waals surface area contributed by atoms with Crippen molar-refractivity contribution in [2.75, 3.05) is 0 Å². The second-order valence-electron chi connectivity index (χ2n) is 10.2. The summed E-state index contributed by atoms with van der Waals surface area (Å²) >= 11 is 0. The number of allylic oxidation sites excluding steroid dienone is 2. The molecule has 2 aliphatic carbocycles. The molecule has 2 heterocycles. The quantitative estimate of drug-likeness (QED) is 0.555. The zero-order chi connectivity index (χ0) is 22.6. The molecule has 0 spiro atoms. The van der Waals surface area contributed by atoms with E-state index in [9.17, 15) is 19.7 Å². The fourth-order valence-electron chi connectivity index (χ4n) is 6.57. The summed E-state index contributed by atoms with van der Waals surface area (Å²) in [6.45, 7) is 4.15. The molecule has 2 amide bonds. The number of nitrogens with zero attached hydrogens (tertiary/aromatic N) is 1. The van der Waals surface area contributed by atoms with Crippen LogP contribution in [0.25, 0.3) is 0 Å². The third-order valence-electron chi connectivity index (χ3n) is 8.06. The standard InChI is InChI=1S/C25H32BNO5/c1-14(2)18-12-20-22(25(30)27(24(20)29)16-8-4-3-5-9-16)19-13-21(32-26(31)23(18)19)15-7-6-10-17(28)11-15/h6-7,10-11,14,16,19-22,28,31H,3-5,8-9,12-13H2,1-2H3/t19-,20-,21-,22+/m0/s1. The lowest BCUT2D eigenvalue weighted by Crippen LogP contribution is -2.46. The van der Waals surface area contributed by atoms with Crippen LogP contribution in [0.5, 0.6) is 5.75 Å². The van der Waals surface area contributed by atoms with E-state index in [0.29, 0.717) is 12.8 Å². The van der Waals surface area contributed by atoms with Crippen LogP contribution < -0.4 is 0 Å². The summed E-state index contributed by atoms with van der Waals surface area (Å²) in [7, 11) is -1.11. The molecule has 2 saturated heterocycles. The van der Waals surface area contributed by atoms with Gasteiger partial charge in [0.05, 0.1) is 17.9 Å². The first-order valence-corrected chi connectivity index (χ1v) is 12.1. The van der Waals surface area contributed by atoms with Crippen molar-refractivity contribution in [2.24, 2.45) is 23.7 Å². The van der Waals surface area contributed by atoms with Gasteiger partial charge < -0.3 is 14.8 Å². The van der Waals surface area contributed by atoms with Crippen LogP contribution >= 0.6 is 0 Å². The maximum Gasteiger partial charge on any atom is 0.487 e. The van der Waals surface area contributed by atoms with Gasteiger partial charge in [0.2, 0.25) is 11.8 Å². The minimum atomic E-state index is -1.11.